The third kappa shape index (κ3) is 4.94. The predicted octanol–water partition coefficient (Wildman–Crippen LogP) is 6.98. The zero-order valence-electron chi connectivity index (χ0n) is 18.4. The van der Waals surface area contributed by atoms with Gasteiger partial charge in [0.05, 0.1) is 5.56 Å². The molecule has 2 N–H and O–H groups in total. The summed E-state index contributed by atoms with van der Waals surface area (Å²) in [5.74, 6) is -0.534. The number of aromatic carboxylic acids is 1. The number of aryl methyl sites for hydroxylation is 1. The van der Waals surface area contributed by atoms with E-state index >= 15 is 0 Å². The van der Waals surface area contributed by atoms with Crippen LogP contribution in [-0.4, -0.2) is 22.3 Å². The molecule has 0 fully saturated rings. The molecule has 0 aliphatic rings. The van der Waals surface area contributed by atoms with Gasteiger partial charge in [-0.25, -0.2) is 9.59 Å². The molecule has 4 rings (SSSR count). The van der Waals surface area contributed by atoms with E-state index in [2.05, 4.69) is 10.5 Å². The van der Waals surface area contributed by atoms with Crippen LogP contribution in [0.3, 0.4) is 0 Å². The lowest BCUT2D eigenvalue weighted by atomic mass is 10.0. The molecule has 0 saturated carbocycles. The van der Waals surface area contributed by atoms with Crippen molar-refractivity contribution in [3.63, 3.8) is 0 Å². The van der Waals surface area contributed by atoms with Crippen molar-refractivity contribution < 1.29 is 24.0 Å². The van der Waals surface area contributed by atoms with Crippen molar-refractivity contribution in [2.45, 2.75) is 20.0 Å². The van der Waals surface area contributed by atoms with Gasteiger partial charge in [0.1, 0.15) is 17.5 Å². The van der Waals surface area contributed by atoms with Crippen molar-refractivity contribution in [2.75, 3.05) is 5.32 Å². The first-order valence-electron chi connectivity index (χ1n) is 10.5. The first-order valence-corrected chi connectivity index (χ1v) is 10.8. The minimum absolute atomic E-state index is 0.227. The smallest absolute Gasteiger partial charge is 0.412 e. The third-order valence-corrected chi connectivity index (χ3v) is 5.68. The van der Waals surface area contributed by atoms with E-state index in [4.69, 9.17) is 26.0 Å². The molecule has 0 bridgehead atoms. The average Bonchev–Trinajstić information content (AvgIpc) is 3.19. The van der Waals surface area contributed by atoms with Gasteiger partial charge in [0, 0.05) is 16.1 Å². The van der Waals surface area contributed by atoms with Crippen LogP contribution < -0.4 is 5.32 Å². The fourth-order valence-electron chi connectivity index (χ4n) is 3.50. The number of nitrogens with one attached hydrogen (secondary N) is 1. The van der Waals surface area contributed by atoms with Gasteiger partial charge >= 0.3 is 12.1 Å². The molecule has 34 heavy (non-hydrogen) atoms. The second-order valence-electron chi connectivity index (χ2n) is 7.62. The van der Waals surface area contributed by atoms with Gasteiger partial charge in [-0.1, -0.05) is 71.4 Å². The summed E-state index contributed by atoms with van der Waals surface area (Å²) in [6.45, 7) is 3.44. The number of anilines is 1. The quantitative estimate of drug-likeness (QED) is 0.311. The highest BCUT2D eigenvalue weighted by Gasteiger charge is 2.20. The van der Waals surface area contributed by atoms with Gasteiger partial charge in [0.2, 0.25) is 0 Å². The number of aromatic nitrogens is 1. The number of hydrogen-bond acceptors (Lipinski definition) is 5. The van der Waals surface area contributed by atoms with Crippen LogP contribution in [0.4, 0.5) is 10.5 Å². The van der Waals surface area contributed by atoms with E-state index < -0.39 is 18.2 Å². The minimum atomic E-state index is -0.969. The van der Waals surface area contributed by atoms with Crippen LogP contribution >= 0.6 is 11.6 Å². The number of rotatable bonds is 6. The topological polar surface area (TPSA) is 102 Å². The van der Waals surface area contributed by atoms with Crippen LogP contribution in [-0.2, 0) is 4.74 Å². The van der Waals surface area contributed by atoms with Gasteiger partial charge in [0.25, 0.3) is 0 Å². The largest absolute Gasteiger partial charge is 0.478 e. The van der Waals surface area contributed by atoms with Gasteiger partial charge < -0.3 is 14.4 Å². The zero-order valence-corrected chi connectivity index (χ0v) is 19.2. The van der Waals surface area contributed by atoms with Crippen LogP contribution in [0, 0.1) is 6.92 Å². The molecule has 0 aliphatic carbocycles. The minimum Gasteiger partial charge on any atom is -0.478 e. The number of benzene rings is 3. The Labute approximate surface area is 200 Å². The maximum atomic E-state index is 12.6. The Hall–Kier alpha value is -4.10. The molecule has 4 aromatic rings. The summed E-state index contributed by atoms with van der Waals surface area (Å²) in [5, 5.41) is 16.4. The molecule has 0 radical (unpaired) electrons. The lowest BCUT2D eigenvalue weighted by Gasteiger charge is -2.15. The molecule has 0 spiro atoms. The SMILES string of the molecule is Cc1onc(-c2ccc(-c3ccc(C(=O)O)cc3)cc2)c1NC(=O)OC(C)c1ccccc1Cl. The second-order valence-corrected chi connectivity index (χ2v) is 8.02. The number of carboxylic acid groups (broad SMARTS) is 1. The van der Waals surface area contributed by atoms with Gasteiger partial charge in [-0.05, 0) is 43.2 Å². The van der Waals surface area contributed by atoms with Crippen LogP contribution in [0.1, 0.15) is 34.7 Å². The Balaban J connectivity index is 1.50. The number of hydrogen-bond donors (Lipinski definition) is 2. The highest BCUT2D eigenvalue weighted by Crippen LogP contribution is 2.32. The Bertz CT molecular complexity index is 1330. The molecule has 172 valence electrons. The van der Waals surface area contributed by atoms with Crippen LogP contribution in [0.5, 0.6) is 0 Å². The summed E-state index contributed by atoms with van der Waals surface area (Å²) >= 11 is 6.19. The van der Waals surface area contributed by atoms with Gasteiger partial charge in [-0.2, -0.15) is 0 Å². The van der Waals surface area contributed by atoms with Gasteiger partial charge in [-0.3, -0.25) is 5.32 Å². The number of carboxylic acids is 1. The maximum Gasteiger partial charge on any atom is 0.412 e. The van der Waals surface area contributed by atoms with E-state index in [-0.39, 0.29) is 5.56 Å². The average molecular weight is 477 g/mol. The molecule has 1 aromatic heterocycles. The Morgan fingerprint density at radius 1 is 0.971 bits per heavy atom. The Kier molecular flexibility index (Phi) is 6.65. The van der Waals surface area contributed by atoms with Crippen LogP contribution in [0.2, 0.25) is 5.02 Å². The van der Waals surface area contributed by atoms with Crippen LogP contribution in [0.15, 0.2) is 77.3 Å². The molecule has 0 saturated heterocycles. The molecule has 0 aliphatic heterocycles. The number of nitrogens with zero attached hydrogens (tertiary/aromatic N) is 1. The molecule has 1 amide bonds. The lowest BCUT2D eigenvalue weighted by Crippen LogP contribution is -2.17. The molecular weight excluding hydrogens is 456 g/mol. The van der Waals surface area contributed by atoms with Gasteiger partial charge in [-0.15, -0.1) is 0 Å². The molecule has 1 unspecified atom stereocenters. The second kappa shape index (κ2) is 9.80. The van der Waals surface area contributed by atoms with Crippen molar-refractivity contribution in [2.24, 2.45) is 0 Å². The number of carbonyl (C=O) groups is 2. The Morgan fingerprint density at radius 2 is 1.56 bits per heavy atom. The van der Waals surface area contributed by atoms with E-state index in [0.717, 1.165) is 16.7 Å². The molecule has 3 aromatic carbocycles. The zero-order chi connectivity index (χ0) is 24.2. The summed E-state index contributed by atoms with van der Waals surface area (Å²) in [4.78, 5) is 23.6. The van der Waals surface area contributed by atoms with E-state index in [1.54, 1.807) is 50.2 Å². The first kappa shape index (κ1) is 23.1. The van der Waals surface area contributed by atoms with Crippen molar-refractivity contribution >= 4 is 29.4 Å². The number of amides is 1. The highest BCUT2D eigenvalue weighted by molar-refractivity contribution is 6.31. The normalized spacial score (nSPS) is 11.6. The first-order chi connectivity index (χ1) is 16.3. The van der Waals surface area contributed by atoms with E-state index in [1.807, 2.05) is 36.4 Å². The summed E-state index contributed by atoms with van der Waals surface area (Å²) < 4.78 is 10.8. The standard InChI is InChI=1S/C26H21ClN2O5/c1-15(21-5-3-4-6-22(21)27)33-26(32)28-23-16(2)34-29-24(23)19-11-7-17(8-12-19)18-9-13-20(14-10-18)25(30)31/h3-15H,1-2H3,(H,28,32)(H,30,31). The van der Waals surface area contributed by atoms with Crippen molar-refractivity contribution in [3.05, 3.63) is 94.7 Å². The Morgan fingerprint density at radius 3 is 2.18 bits per heavy atom. The van der Waals surface area contributed by atoms with E-state index in [0.29, 0.717) is 27.7 Å². The molecule has 8 heteroatoms. The maximum absolute atomic E-state index is 12.6. The fraction of sp³-hybridized carbons (Fsp3) is 0.115. The fourth-order valence-corrected chi connectivity index (χ4v) is 3.79. The monoisotopic (exact) mass is 476 g/mol. The predicted molar refractivity (Wildman–Crippen MR) is 129 cm³/mol. The number of ether oxygens (including phenoxy) is 1. The van der Waals surface area contributed by atoms with Gasteiger partial charge in [0.15, 0.2) is 5.76 Å². The molecule has 1 atom stereocenters. The third-order valence-electron chi connectivity index (χ3n) is 5.34. The lowest BCUT2D eigenvalue weighted by molar-refractivity contribution is 0.0696. The number of carbonyl (C=O) groups excluding carboxylic acids is 1. The molecular formula is C26H21ClN2O5. The summed E-state index contributed by atoms with van der Waals surface area (Å²) in [6, 6.07) is 21.3. The van der Waals surface area contributed by atoms with E-state index in [9.17, 15) is 9.59 Å². The van der Waals surface area contributed by atoms with E-state index in [1.165, 1.54) is 0 Å². The van der Waals surface area contributed by atoms with Crippen molar-refractivity contribution in [1.29, 1.82) is 0 Å². The van der Waals surface area contributed by atoms with Crippen molar-refractivity contribution in [1.82, 2.24) is 5.16 Å². The number of halogens is 1. The summed E-state index contributed by atoms with van der Waals surface area (Å²) in [6.07, 6.45) is -1.21. The molecule has 7 nitrogen and oxygen atoms in total. The summed E-state index contributed by atoms with van der Waals surface area (Å²) in [7, 11) is 0. The van der Waals surface area contributed by atoms with Crippen LogP contribution in [0.25, 0.3) is 22.4 Å². The molecule has 1 heterocycles. The highest BCUT2D eigenvalue weighted by atomic mass is 35.5. The summed E-state index contributed by atoms with van der Waals surface area (Å²) in [5.41, 5.74) is 4.32. The van der Waals surface area contributed by atoms with Crippen molar-refractivity contribution in [3.8, 4) is 22.4 Å².